The summed E-state index contributed by atoms with van der Waals surface area (Å²) in [5, 5.41) is 11.5. The molecule has 3 unspecified atom stereocenters. The zero-order chi connectivity index (χ0) is 24.3. The number of pyridine rings is 1. The summed E-state index contributed by atoms with van der Waals surface area (Å²) in [5.74, 6) is -1.47. The summed E-state index contributed by atoms with van der Waals surface area (Å²) >= 11 is 0. The van der Waals surface area contributed by atoms with E-state index in [1.54, 1.807) is 31.2 Å². The molecule has 1 heterocycles. The molecule has 0 aliphatic heterocycles. The Hall–Kier alpha value is -3.17. The summed E-state index contributed by atoms with van der Waals surface area (Å²) in [5.41, 5.74) is 1.67. The van der Waals surface area contributed by atoms with E-state index in [2.05, 4.69) is 4.74 Å². The number of aliphatic hydroxyl groups is 1. The summed E-state index contributed by atoms with van der Waals surface area (Å²) in [6, 6.07) is 11.8. The largest absolute Gasteiger partial charge is 0.516 e. The van der Waals surface area contributed by atoms with Crippen LogP contribution in [0.1, 0.15) is 48.7 Å². The number of aryl methyl sites for hydroxylation is 1. The van der Waals surface area contributed by atoms with Crippen LogP contribution in [-0.4, -0.2) is 27.1 Å². The van der Waals surface area contributed by atoms with Gasteiger partial charge in [-0.05, 0) is 46.7 Å². The molecule has 2 N–H and O–H groups in total. The molecule has 2 aromatic carbocycles. The molecule has 33 heavy (non-hydrogen) atoms. The highest BCUT2D eigenvalue weighted by Crippen LogP contribution is 2.49. The second-order valence-electron chi connectivity index (χ2n) is 8.03. The summed E-state index contributed by atoms with van der Waals surface area (Å²) in [4.78, 5) is 26.9. The van der Waals surface area contributed by atoms with Gasteiger partial charge in [0.2, 0.25) is 5.66 Å². The minimum atomic E-state index is -3.01. The number of aliphatic hydroxyl groups excluding tert-OH is 1. The van der Waals surface area contributed by atoms with Gasteiger partial charge in [0, 0.05) is 16.5 Å². The highest BCUT2D eigenvalue weighted by atomic mass is 31.1. The van der Waals surface area contributed by atoms with Gasteiger partial charge in [-0.2, -0.15) is 4.89 Å². The van der Waals surface area contributed by atoms with Crippen molar-refractivity contribution in [3.8, 4) is 23.7 Å². The Morgan fingerprint density at radius 2 is 1.97 bits per heavy atom. The predicted octanol–water partition coefficient (Wildman–Crippen LogP) is 5.13. The fourth-order valence-corrected chi connectivity index (χ4v) is 4.82. The number of carbonyl (C=O) groups is 1. The Morgan fingerprint density at radius 1 is 1.27 bits per heavy atom. The number of rotatable bonds is 7. The molecule has 3 atom stereocenters. The van der Waals surface area contributed by atoms with Crippen LogP contribution >= 0.6 is 8.03 Å². The lowest BCUT2D eigenvalue weighted by molar-refractivity contribution is -0.139. The van der Waals surface area contributed by atoms with Gasteiger partial charge in [0.05, 0.1) is 17.6 Å². The van der Waals surface area contributed by atoms with Gasteiger partial charge < -0.3 is 9.84 Å². The Morgan fingerprint density at radius 3 is 2.58 bits per heavy atom. The van der Waals surface area contributed by atoms with Crippen molar-refractivity contribution in [3.63, 3.8) is 0 Å². The van der Waals surface area contributed by atoms with Gasteiger partial charge in [-0.15, -0.1) is 0 Å². The number of ether oxygens (including phenoxy) is 1. The van der Waals surface area contributed by atoms with Crippen LogP contribution in [0.25, 0.3) is 22.0 Å². The molecule has 8 heteroatoms. The van der Waals surface area contributed by atoms with E-state index < -0.39 is 32.2 Å². The first-order valence-electron chi connectivity index (χ1n) is 10.3. The standard InChI is InChI=1S/C25H23FNO5P/c1-5-32-21(29)13-20(28)25(33(30)31)23-22(16-10-11-18(26)15(4)12-16)17-8-6-7-9-19(17)27-24(23)14(2)3/h1,6-12,14,20,25,28H,13H2,2-4H3/p+1. The maximum Gasteiger partial charge on any atom is 0.516 e. The van der Waals surface area contributed by atoms with Gasteiger partial charge in [0.15, 0.2) is 0 Å². The van der Waals surface area contributed by atoms with Crippen LogP contribution in [0.4, 0.5) is 4.39 Å². The van der Waals surface area contributed by atoms with Gasteiger partial charge in [0.25, 0.3) is 0 Å². The minimum Gasteiger partial charge on any atom is -0.387 e. The molecule has 0 radical (unpaired) electrons. The molecule has 0 saturated carbocycles. The van der Waals surface area contributed by atoms with Crippen LogP contribution in [0.15, 0.2) is 42.5 Å². The zero-order valence-electron chi connectivity index (χ0n) is 18.4. The molecule has 3 aromatic rings. The average molecular weight is 468 g/mol. The number of halogens is 1. The van der Waals surface area contributed by atoms with E-state index in [-0.39, 0.29) is 11.7 Å². The second kappa shape index (κ2) is 10.2. The Kier molecular flexibility index (Phi) is 7.55. The number of terminal acetylenes is 1. The van der Waals surface area contributed by atoms with Crippen molar-refractivity contribution in [2.75, 3.05) is 0 Å². The van der Waals surface area contributed by atoms with Gasteiger partial charge in [-0.3, -0.25) is 9.78 Å². The third-order valence-electron chi connectivity index (χ3n) is 5.40. The molecule has 0 fully saturated rings. The molecule has 3 rings (SSSR count). The Labute approximate surface area is 192 Å². The van der Waals surface area contributed by atoms with Crippen LogP contribution in [0.3, 0.4) is 0 Å². The van der Waals surface area contributed by atoms with E-state index in [1.807, 2.05) is 32.0 Å². The van der Waals surface area contributed by atoms with Crippen molar-refractivity contribution >= 4 is 24.9 Å². The number of carbonyl (C=O) groups excluding carboxylic acids is 1. The number of benzene rings is 2. The highest BCUT2D eigenvalue weighted by Gasteiger charge is 2.44. The first-order valence-corrected chi connectivity index (χ1v) is 11.6. The molecule has 1 aromatic heterocycles. The second-order valence-corrected chi connectivity index (χ2v) is 9.19. The zero-order valence-corrected chi connectivity index (χ0v) is 19.3. The van der Waals surface area contributed by atoms with Gasteiger partial charge in [-0.25, -0.2) is 4.39 Å². The van der Waals surface area contributed by atoms with Crippen molar-refractivity contribution in [1.82, 2.24) is 4.98 Å². The van der Waals surface area contributed by atoms with Crippen LogP contribution in [0.2, 0.25) is 0 Å². The first-order chi connectivity index (χ1) is 15.6. The van der Waals surface area contributed by atoms with Gasteiger partial charge >= 0.3 is 14.0 Å². The summed E-state index contributed by atoms with van der Waals surface area (Å²) in [6.45, 7) is 5.38. The van der Waals surface area contributed by atoms with Crippen LogP contribution in [-0.2, 0) is 14.1 Å². The predicted molar refractivity (Wildman–Crippen MR) is 124 cm³/mol. The van der Waals surface area contributed by atoms with Crippen molar-refractivity contribution < 1.29 is 28.5 Å². The average Bonchev–Trinajstić information content (AvgIpc) is 2.75. The van der Waals surface area contributed by atoms with Crippen LogP contribution in [0.5, 0.6) is 0 Å². The summed E-state index contributed by atoms with van der Waals surface area (Å²) in [6.07, 6.45) is 4.57. The van der Waals surface area contributed by atoms with Crippen molar-refractivity contribution in [2.45, 2.75) is 44.9 Å². The number of nitrogens with zero attached hydrogens (tertiary/aromatic N) is 1. The van der Waals surface area contributed by atoms with Crippen LogP contribution in [0, 0.1) is 25.3 Å². The third kappa shape index (κ3) is 5.09. The molecule has 0 bridgehead atoms. The quantitative estimate of drug-likeness (QED) is 0.283. The number of hydrogen-bond donors (Lipinski definition) is 2. The van der Waals surface area contributed by atoms with Crippen LogP contribution < -0.4 is 0 Å². The SMILES string of the molecule is C#COC(=O)CC(O)C(c1c(C(C)C)nc2ccccc2c1-c1ccc(F)c(C)c1)[P+](=O)O. The van der Waals surface area contributed by atoms with Gasteiger partial charge in [0.1, 0.15) is 18.0 Å². The Bertz CT molecular complexity index is 1270. The Balaban J connectivity index is 2.39. The molecule has 0 aliphatic rings. The fraction of sp³-hybridized carbons (Fsp3) is 0.280. The number of esters is 1. The van der Waals surface area contributed by atoms with E-state index in [9.17, 15) is 23.7 Å². The number of aromatic nitrogens is 1. The van der Waals surface area contributed by atoms with Crippen molar-refractivity contribution in [3.05, 3.63) is 65.1 Å². The van der Waals surface area contributed by atoms with E-state index in [4.69, 9.17) is 11.4 Å². The molecule has 0 saturated heterocycles. The summed E-state index contributed by atoms with van der Waals surface area (Å²) in [7, 11) is -3.01. The topological polar surface area (TPSA) is 96.7 Å². The molecule has 0 amide bonds. The monoisotopic (exact) mass is 468 g/mol. The lowest BCUT2D eigenvalue weighted by atomic mass is 9.87. The van der Waals surface area contributed by atoms with E-state index in [0.717, 1.165) is 0 Å². The van der Waals surface area contributed by atoms with Crippen molar-refractivity contribution in [1.29, 1.82) is 0 Å². The van der Waals surface area contributed by atoms with E-state index in [0.29, 0.717) is 38.9 Å². The van der Waals surface area contributed by atoms with E-state index in [1.165, 1.54) is 6.07 Å². The molecular formula is C25H24FNO5P+. The molecule has 0 spiro atoms. The fourth-order valence-electron chi connectivity index (χ4n) is 3.94. The molecule has 6 nitrogen and oxygen atoms in total. The molecular weight excluding hydrogens is 444 g/mol. The van der Waals surface area contributed by atoms with Gasteiger partial charge in [-0.1, -0.05) is 44.5 Å². The molecule has 0 aliphatic carbocycles. The minimum absolute atomic E-state index is 0.188. The third-order valence-corrected chi connectivity index (χ3v) is 6.48. The maximum atomic E-state index is 14.1. The summed E-state index contributed by atoms with van der Waals surface area (Å²) < 4.78 is 31.1. The van der Waals surface area contributed by atoms with Crippen molar-refractivity contribution in [2.24, 2.45) is 0 Å². The number of hydrogen-bond acceptors (Lipinski definition) is 5. The smallest absolute Gasteiger partial charge is 0.387 e. The lowest BCUT2D eigenvalue weighted by Crippen LogP contribution is -2.23. The number of para-hydroxylation sites is 1. The molecule has 170 valence electrons. The first kappa shape index (κ1) is 24.5. The highest BCUT2D eigenvalue weighted by molar-refractivity contribution is 7.38. The van der Waals surface area contributed by atoms with E-state index >= 15 is 0 Å². The normalized spacial score (nSPS) is 13.5. The lowest BCUT2D eigenvalue weighted by Gasteiger charge is -2.23. The number of fused-ring (bicyclic) bond motifs is 1. The maximum absolute atomic E-state index is 14.1.